The summed E-state index contributed by atoms with van der Waals surface area (Å²) >= 11 is 0. The standard InChI is InChI=1S/C30H34F5N7O/c1-18-16-42(17-19(2)40(18)4)27-13-25(32)23(20-14-36-29(37-15-20)41-9-7-39(3)8-10-41)12-26(27)38-28(43)22-6-5-21(31)11-24(22)30(33,34)35/h5-6,11-15,18-19H,7-10,16-17H2,1-4H3,(H,38,43)/t18-,19+. The Morgan fingerprint density at radius 1 is 0.907 bits per heavy atom. The molecule has 0 aliphatic carbocycles. The molecular weight excluding hydrogens is 569 g/mol. The molecule has 230 valence electrons. The lowest BCUT2D eigenvalue weighted by molar-refractivity contribution is -0.138. The fourth-order valence-corrected chi connectivity index (χ4v) is 5.52. The van der Waals surface area contributed by atoms with Crippen molar-refractivity contribution in [1.82, 2.24) is 19.8 Å². The third-order valence-corrected chi connectivity index (χ3v) is 8.30. The summed E-state index contributed by atoms with van der Waals surface area (Å²) in [6.45, 7) is 8.24. The minimum Gasteiger partial charge on any atom is -0.367 e. The zero-order chi connectivity index (χ0) is 31.1. The summed E-state index contributed by atoms with van der Waals surface area (Å²) < 4.78 is 70.6. The Morgan fingerprint density at radius 2 is 1.53 bits per heavy atom. The van der Waals surface area contributed by atoms with E-state index in [0.717, 1.165) is 38.3 Å². The molecule has 2 aromatic carbocycles. The summed E-state index contributed by atoms with van der Waals surface area (Å²) in [5.41, 5.74) is -1.28. The van der Waals surface area contributed by atoms with Gasteiger partial charge in [0.05, 0.1) is 22.5 Å². The van der Waals surface area contributed by atoms with Crippen molar-refractivity contribution in [3.63, 3.8) is 0 Å². The van der Waals surface area contributed by atoms with Crippen molar-refractivity contribution in [2.24, 2.45) is 0 Å². The van der Waals surface area contributed by atoms with E-state index >= 15 is 4.39 Å². The van der Waals surface area contributed by atoms with Crippen LogP contribution in [0, 0.1) is 11.6 Å². The molecule has 0 spiro atoms. The van der Waals surface area contributed by atoms with E-state index < -0.39 is 34.8 Å². The number of halogens is 5. The Bertz CT molecular complexity index is 1460. The van der Waals surface area contributed by atoms with Gasteiger partial charge in [-0.2, -0.15) is 13.2 Å². The van der Waals surface area contributed by atoms with E-state index in [1.54, 1.807) is 0 Å². The monoisotopic (exact) mass is 603 g/mol. The third kappa shape index (κ3) is 6.57. The Morgan fingerprint density at radius 3 is 2.14 bits per heavy atom. The topological polar surface area (TPSA) is 67.8 Å². The molecule has 1 amide bonds. The maximum absolute atomic E-state index is 15.8. The van der Waals surface area contributed by atoms with Crippen molar-refractivity contribution in [2.45, 2.75) is 32.1 Å². The lowest BCUT2D eigenvalue weighted by Gasteiger charge is -2.44. The Hall–Kier alpha value is -3.84. The molecule has 8 nitrogen and oxygen atoms in total. The predicted octanol–water partition coefficient (Wildman–Crippen LogP) is 4.97. The second-order valence-corrected chi connectivity index (χ2v) is 11.3. The molecule has 43 heavy (non-hydrogen) atoms. The van der Waals surface area contributed by atoms with Crippen molar-refractivity contribution < 1.29 is 26.7 Å². The molecule has 2 aliphatic rings. The average Bonchev–Trinajstić information content (AvgIpc) is 2.96. The van der Waals surface area contributed by atoms with Gasteiger partial charge in [0, 0.05) is 74.9 Å². The van der Waals surface area contributed by atoms with E-state index in [4.69, 9.17) is 0 Å². The van der Waals surface area contributed by atoms with Crippen molar-refractivity contribution >= 4 is 23.2 Å². The van der Waals surface area contributed by atoms with Crippen LogP contribution in [0.2, 0.25) is 0 Å². The molecule has 2 aliphatic heterocycles. The molecule has 1 aromatic heterocycles. The molecule has 0 unspecified atom stereocenters. The first-order valence-electron chi connectivity index (χ1n) is 14.1. The van der Waals surface area contributed by atoms with Crippen LogP contribution in [0.25, 0.3) is 11.1 Å². The van der Waals surface area contributed by atoms with Crippen molar-refractivity contribution in [1.29, 1.82) is 0 Å². The summed E-state index contributed by atoms with van der Waals surface area (Å²) in [5, 5.41) is 2.56. The zero-order valence-electron chi connectivity index (χ0n) is 24.4. The summed E-state index contributed by atoms with van der Waals surface area (Å²) in [5.74, 6) is -2.29. The van der Waals surface area contributed by atoms with Gasteiger partial charge in [-0.15, -0.1) is 0 Å². The molecule has 0 saturated carbocycles. The molecule has 0 bridgehead atoms. The van der Waals surface area contributed by atoms with Gasteiger partial charge < -0.3 is 20.0 Å². The van der Waals surface area contributed by atoms with Gasteiger partial charge in [-0.1, -0.05) is 0 Å². The average molecular weight is 604 g/mol. The molecule has 5 rings (SSSR count). The summed E-state index contributed by atoms with van der Waals surface area (Å²) in [6, 6.07) is 4.71. The number of aromatic nitrogens is 2. The Labute approximate surface area is 247 Å². The summed E-state index contributed by atoms with van der Waals surface area (Å²) in [4.78, 5) is 30.5. The molecule has 2 saturated heterocycles. The van der Waals surface area contributed by atoms with Gasteiger partial charge in [-0.3, -0.25) is 9.69 Å². The van der Waals surface area contributed by atoms with Gasteiger partial charge in [-0.25, -0.2) is 18.7 Å². The number of nitrogens with zero attached hydrogens (tertiary/aromatic N) is 6. The van der Waals surface area contributed by atoms with E-state index in [0.29, 0.717) is 30.3 Å². The van der Waals surface area contributed by atoms with E-state index in [9.17, 15) is 22.4 Å². The number of hydrogen-bond acceptors (Lipinski definition) is 7. The number of carbonyl (C=O) groups is 1. The summed E-state index contributed by atoms with van der Waals surface area (Å²) in [7, 11) is 4.02. The number of benzene rings is 2. The normalized spacial score (nSPS) is 20.4. The van der Waals surface area contributed by atoms with Gasteiger partial charge in [-0.05, 0) is 58.3 Å². The van der Waals surface area contributed by atoms with Gasteiger partial charge in [0.15, 0.2) is 0 Å². The van der Waals surface area contributed by atoms with E-state index in [1.807, 2.05) is 37.7 Å². The highest BCUT2D eigenvalue weighted by Crippen LogP contribution is 2.37. The number of anilines is 3. The van der Waals surface area contributed by atoms with Gasteiger partial charge in [0.25, 0.3) is 5.91 Å². The number of rotatable bonds is 5. The Balaban J connectivity index is 1.53. The maximum atomic E-state index is 15.8. The molecule has 13 heteroatoms. The predicted molar refractivity (Wildman–Crippen MR) is 155 cm³/mol. The van der Waals surface area contributed by atoms with Gasteiger partial charge in [0.2, 0.25) is 5.95 Å². The SMILES string of the molecule is C[C@@H]1CN(c2cc(F)c(-c3cnc(N4CCN(C)CC4)nc3)cc2NC(=O)c2ccc(F)cc2C(F)(F)F)C[C@H](C)N1C. The van der Waals surface area contributed by atoms with E-state index in [1.165, 1.54) is 24.5 Å². The first kappa shape index (κ1) is 30.6. The minimum atomic E-state index is -4.96. The van der Waals surface area contributed by atoms with Crippen LogP contribution in [0.5, 0.6) is 0 Å². The quantitative estimate of drug-likeness (QED) is 0.413. The number of alkyl halides is 3. The van der Waals surface area contributed by atoms with Crippen LogP contribution < -0.4 is 15.1 Å². The first-order valence-corrected chi connectivity index (χ1v) is 14.1. The maximum Gasteiger partial charge on any atom is 0.417 e. The third-order valence-electron chi connectivity index (χ3n) is 8.30. The van der Waals surface area contributed by atoms with Crippen LogP contribution in [0.1, 0.15) is 29.8 Å². The van der Waals surface area contributed by atoms with Crippen LogP contribution in [0.3, 0.4) is 0 Å². The molecule has 1 N–H and O–H groups in total. The lowest BCUT2D eigenvalue weighted by atomic mass is 10.0. The number of carbonyl (C=O) groups excluding carboxylic acids is 1. The second-order valence-electron chi connectivity index (χ2n) is 11.3. The van der Waals surface area contributed by atoms with E-state index in [-0.39, 0.29) is 29.4 Å². The van der Waals surface area contributed by atoms with Crippen LogP contribution in [-0.2, 0) is 6.18 Å². The lowest BCUT2D eigenvalue weighted by Crippen LogP contribution is -2.55. The molecule has 2 atom stereocenters. The largest absolute Gasteiger partial charge is 0.417 e. The highest BCUT2D eigenvalue weighted by Gasteiger charge is 2.36. The molecule has 3 aromatic rings. The molecule has 3 heterocycles. The van der Waals surface area contributed by atoms with Crippen LogP contribution in [0.4, 0.5) is 39.3 Å². The summed E-state index contributed by atoms with van der Waals surface area (Å²) in [6.07, 6.45) is -1.98. The van der Waals surface area contributed by atoms with Crippen molar-refractivity contribution in [3.8, 4) is 11.1 Å². The molecule has 0 radical (unpaired) electrons. The van der Waals surface area contributed by atoms with Gasteiger partial charge in [0.1, 0.15) is 11.6 Å². The first-order chi connectivity index (χ1) is 20.3. The number of nitrogens with one attached hydrogen (secondary N) is 1. The van der Waals surface area contributed by atoms with Crippen LogP contribution in [0.15, 0.2) is 42.7 Å². The second kappa shape index (κ2) is 12.0. The van der Waals surface area contributed by atoms with Crippen molar-refractivity contribution in [3.05, 3.63) is 65.5 Å². The highest BCUT2D eigenvalue weighted by molar-refractivity contribution is 6.07. The van der Waals surface area contributed by atoms with Crippen LogP contribution in [-0.4, -0.2) is 91.1 Å². The Kier molecular flexibility index (Phi) is 8.57. The van der Waals surface area contributed by atoms with Crippen molar-refractivity contribution in [2.75, 3.05) is 68.5 Å². The number of hydrogen-bond donors (Lipinski definition) is 1. The number of likely N-dealkylation sites (N-methyl/N-ethyl adjacent to an activating group) is 2. The van der Waals surface area contributed by atoms with E-state index in [2.05, 4.69) is 25.1 Å². The highest BCUT2D eigenvalue weighted by atomic mass is 19.4. The molecular formula is C30H34F5N7O. The number of piperazine rings is 2. The smallest absolute Gasteiger partial charge is 0.367 e. The zero-order valence-corrected chi connectivity index (χ0v) is 24.4. The number of amides is 1. The molecule has 2 fully saturated rings. The minimum absolute atomic E-state index is 0.0781. The fourth-order valence-electron chi connectivity index (χ4n) is 5.52. The van der Waals surface area contributed by atoms with Crippen LogP contribution >= 0.6 is 0 Å². The van der Waals surface area contributed by atoms with Gasteiger partial charge >= 0.3 is 6.18 Å². The fraction of sp³-hybridized carbons (Fsp3) is 0.433.